The molecule has 3 aromatic rings. The summed E-state index contributed by atoms with van der Waals surface area (Å²) in [6.07, 6.45) is 0. The molecule has 0 bridgehead atoms. The molecule has 20 heavy (non-hydrogen) atoms. The van der Waals surface area contributed by atoms with Gasteiger partial charge in [0.1, 0.15) is 0 Å². The van der Waals surface area contributed by atoms with E-state index in [1.165, 1.54) is 15.8 Å². The lowest BCUT2D eigenvalue weighted by Crippen LogP contribution is -1.99. The van der Waals surface area contributed by atoms with Crippen molar-refractivity contribution in [3.05, 3.63) is 59.1 Å². The van der Waals surface area contributed by atoms with Gasteiger partial charge in [-0.1, -0.05) is 38.1 Å². The molecule has 0 radical (unpaired) electrons. The number of hydrogen-bond donors (Lipinski definition) is 1. The topological polar surface area (TPSA) is 24.9 Å². The summed E-state index contributed by atoms with van der Waals surface area (Å²) in [6, 6.07) is 15.2. The van der Waals surface area contributed by atoms with Gasteiger partial charge >= 0.3 is 0 Å². The maximum absolute atomic E-state index is 4.30. The number of nitrogens with one attached hydrogen (secondary N) is 1. The van der Waals surface area contributed by atoms with Gasteiger partial charge < -0.3 is 5.32 Å². The summed E-state index contributed by atoms with van der Waals surface area (Å²) >= 11 is 1.68. The first-order valence-electron chi connectivity index (χ1n) is 6.88. The van der Waals surface area contributed by atoms with Crippen molar-refractivity contribution in [3.63, 3.8) is 0 Å². The first-order chi connectivity index (χ1) is 9.72. The fourth-order valence-electron chi connectivity index (χ4n) is 2.19. The maximum atomic E-state index is 4.30. The molecule has 3 rings (SSSR count). The van der Waals surface area contributed by atoms with Crippen LogP contribution in [0.3, 0.4) is 0 Å². The maximum Gasteiger partial charge on any atom is 0.0813 e. The van der Waals surface area contributed by atoms with Crippen LogP contribution in [-0.2, 0) is 6.54 Å². The lowest BCUT2D eigenvalue weighted by atomic mass is 10.0. The molecule has 1 N–H and O–H groups in total. The standard InChI is InChI=1S/C17H18N2S/c1-12(2)14-5-3-13(4-6-14)10-18-15-7-8-16-17(9-15)20-11-19-16/h3-9,11-12,18H,10H2,1-2H3. The molecule has 3 heteroatoms. The molecule has 2 aromatic carbocycles. The third-order valence-electron chi connectivity index (χ3n) is 3.47. The molecule has 1 aromatic heterocycles. The largest absolute Gasteiger partial charge is 0.381 e. The number of nitrogens with zero attached hydrogens (tertiary/aromatic N) is 1. The van der Waals surface area contributed by atoms with Crippen LogP contribution in [0.2, 0.25) is 0 Å². The van der Waals surface area contributed by atoms with Crippen molar-refractivity contribution in [3.8, 4) is 0 Å². The predicted octanol–water partition coefficient (Wildman–Crippen LogP) is 5.03. The van der Waals surface area contributed by atoms with Crippen molar-refractivity contribution in [1.29, 1.82) is 0 Å². The fraction of sp³-hybridized carbons (Fsp3) is 0.235. The van der Waals surface area contributed by atoms with E-state index in [0.29, 0.717) is 5.92 Å². The highest BCUT2D eigenvalue weighted by Crippen LogP contribution is 2.22. The van der Waals surface area contributed by atoms with Crippen molar-refractivity contribution in [2.24, 2.45) is 0 Å². The van der Waals surface area contributed by atoms with Crippen LogP contribution in [-0.4, -0.2) is 4.98 Å². The molecule has 0 amide bonds. The Bertz CT molecular complexity index is 698. The summed E-state index contributed by atoms with van der Waals surface area (Å²) in [7, 11) is 0. The van der Waals surface area contributed by atoms with E-state index < -0.39 is 0 Å². The molecule has 102 valence electrons. The predicted molar refractivity (Wildman–Crippen MR) is 87.5 cm³/mol. The van der Waals surface area contributed by atoms with Crippen molar-refractivity contribution >= 4 is 27.2 Å². The average Bonchev–Trinajstić information content (AvgIpc) is 2.93. The number of benzene rings is 2. The highest BCUT2D eigenvalue weighted by atomic mass is 32.1. The third kappa shape index (κ3) is 2.83. The Morgan fingerprint density at radius 1 is 1.10 bits per heavy atom. The van der Waals surface area contributed by atoms with Crippen LogP contribution in [0.15, 0.2) is 48.0 Å². The lowest BCUT2D eigenvalue weighted by Gasteiger charge is -2.09. The summed E-state index contributed by atoms with van der Waals surface area (Å²) in [4.78, 5) is 4.30. The van der Waals surface area contributed by atoms with E-state index in [1.807, 2.05) is 5.51 Å². The van der Waals surface area contributed by atoms with Gasteiger partial charge in [-0.05, 0) is 35.2 Å². The fourth-order valence-corrected chi connectivity index (χ4v) is 2.91. The van der Waals surface area contributed by atoms with E-state index >= 15 is 0 Å². The van der Waals surface area contributed by atoms with Gasteiger partial charge in [0.25, 0.3) is 0 Å². The smallest absolute Gasteiger partial charge is 0.0813 e. The van der Waals surface area contributed by atoms with E-state index in [-0.39, 0.29) is 0 Å². The number of aromatic nitrogens is 1. The minimum Gasteiger partial charge on any atom is -0.381 e. The second-order valence-electron chi connectivity index (χ2n) is 5.28. The molecule has 0 atom stereocenters. The van der Waals surface area contributed by atoms with Gasteiger partial charge in [-0.2, -0.15) is 0 Å². The summed E-state index contributed by atoms with van der Waals surface area (Å²) in [6.45, 7) is 5.29. The van der Waals surface area contributed by atoms with E-state index in [2.05, 4.69) is 66.6 Å². The molecule has 2 nitrogen and oxygen atoms in total. The molecule has 0 aliphatic rings. The lowest BCUT2D eigenvalue weighted by molar-refractivity contribution is 0.865. The Labute approximate surface area is 123 Å². The van der Waals surface area contributed by atoms with Gasteiger partial charge in [-0.3, -0.25) is 0 Å². The van der Waals surface area contributed by atoms with E-state index in [0.717, 1.165) is 17.7 Å². The van der Waals surface area contributed by atoms with Crippen LogP contribution < -0.4 is 5.32 Å². The van der Waals surface area contributed by atoms with Gasteiger partial charge in [0, 0.05) is 12.2 Å². The molecule has 0 fully saturated rings. The first-order valence-corrected chi connectivity index (χ1v) is 7.76. The van der Waals surface area contributed by atoms with E-state index in [1.54, 1.807) is 11.3 Å². The first kappa shape index (κ1) is 13.1. The highest BCUT2D eigenvalue weighted by molar-refractivity contribution is 7.16. The molecule has 0 unspecified atom stereocenters. The zero-order valence-corrected chi connectivity index (χ0v) is 12.6. The SMILES string of the molecule is CC(C)c1ccc(CNc2ccc3ncsc3c2)cc1. The molecular weight excluding hydrogens is 264 g/mol. The van der Waals surface area contributed by atoms with Gasteiger partial charge in [-0.15, -0.1) is 11.3 Å². The van der Waals surface area contributed by atoms with E-state index in [9.17, 15) is 0 Å². The van der Waals surface area contributed by atoms with Crippen LogP contribution >= 0.6 is 11.3 Å². The normalized spacial score (nSPS) is 11.2. The van der Waals surface area contributed by atoms with Crippen LogP contribution in [0.25, 0.3) is 10.2 Å². The Hall–Kier alpha value is -1.87. The number of anilines is 1. The monoisotopic (exact) mass is 282 g/mol. The molecule has 1 heterocycles. The Balaban J connectivity index is 1.69. The Morgan fingerprint density at radius 2 is 1.90 bits per heavy atom. The minimum atomic E-state index is 0.589. The molecule has 0 saturated heterocycles. The second-order valence-corrected chi connectivity index (χ2v) is 6.17. The molecule has 0 spiro atoms. The Kier molecular flexibility index (Phi) is 3.70. The van der Waals surface area contributed by atoms with Crippen LogP contribution in [0.5, 0.6) is 0 Å². The van der Waals surface area contributed by atoms with Crippen molar-refractivity contribution in [2.45, 2.75) is 26.3 Å². The van der Waals surface area contributed by atoms with Crippen LogP contribution in [0.1, 0.15) is 30.9 Å². The quantitative estimate of drug-likeness (QED) is 0.725. The second kappa shape index (κ2) is 5.63. The Morgan fingerprint density at radius 3 is 2.65 bits per heavy atom. The van der Waals surface area contributed by atoms with Crippen molar-refractivity contribution in [2.75, 3.05) is 5.32 Å². The number of thiazole rings is 1. The van der Waals surface area contributed by atoms with Gasteiger partial charge in [-0.25, -0.2) is 4.98 Å². The number of rotatable bonds is 4. The summed E-state index contributed by atoms with van der Waals surface area (Å²) in [5, 5.41) is 3.47. The zero-order valence-electron chi connectivity index (χ0n) is 11.8. The van der Waals surface area contributed by atoms with Crippen LogP contribution in [0.4, 0.5) is 5.69 Å². The molecule has 0 aliphatic heterocycles. The number of fused-ring (bicyclic) bond motifs is 1. The molecular formula is C17H18N2S. The van der Waals surface area contributed by atoms with Gasteiger partial charge in [0.2, 0.25) is 0 Å². The van der Waals surface area contributed by atoms with Crippen molar-refractivity contribution in [1.82, 2.24) is 4.98 Å². The van der Waals surface area contributed by atoms with Gasteiger partial charge in [0.05, 0.1) is 15.7 Å². The third-order valence-corrected chi connectivity index (χ3v) is 4.27. The highest BCUT2D eigenvalue weighted by Gasteiger charge is 2.01. The molecule has 0 saturated carbocycles. The van der Waals surface area contributed by atoms with E-state index in [4.69, 9.17) is 0 Å². The molecule has 0 aliphatic carbocycles. The summed E-state index contributed by atoms with van der Waals surface area (Å²) < 4.78 is 1.23. The van der Waals surface area contributed by atoms with Crippen molar-refractivity contribution < 1.29 is 0 Å². The van der Waals surface area contributed by atoms with Gasteiger partial charge in [0.15, 0.2) is 0 Å². The summed E-state index contributed by atoms with van der Waals surface area (Å²) in [5.74, 6) is 0.589. The minimum absolute atomic E-state index is 0.589. The number of hydrogen-bond acceptors (Lipinski definition) is 3. The summed E-state index contributed by atoms with van der Waals surface area (Å²) in [5.41, 5.74) is 6.80. The average molecular weight is 282 g/mol. The zero-order chi connectivity index (χ0) is 13.9. The van der Waals surface area contributed by atoms with Crippen LogP contribution in [0, 0.1) is 0 Å².